The van der Waals surface area contributed by atoms with E-state index < -0.39 is 11.7 Å². The van der Waals surface area contributed by atoms with Gasteiger partial charge in [0, 0.05) is 18.0 Å². The predicted molar refractivity (Wildman–Crippen MR) is 87.8 cm³/mol. The lowest BCUT2D eigenvalue weighted by Crippen LogP contribution is -2.29. The number of halogens is 2. The van der Waals surface area contributed by atoms with E-state index in [2.05, 4.69) is 10.6 Å². The lowest BCUT2D eigenvalue weighted by molar-refractivity contribution is -0.120. The van der Waals surface area contributed by atoms with E-state index >= 15 is 0 Å². The van der Waals surface area contributed by atoms with Crippen LogP contribution in [-0.4, -0.2) is 18.4 Å². The van der Waals surface area contributed by atoms with Gasteiger partial charge in [0.25, 0.3) is 0 Å². The van der Waals surface area contributed by atoms with E-state index in [4.69, 9.17) is 11.6 Å². The standard InChI is InChI=1S/C17H16ClFN2O2/c18-13-6-7-14(19)15(11-13)21-16(22)8-9-20-17(23)10-12-4-2-1-3-5-12/h1-7,11H,8-10H2,(H,20,23)(H,21,22). The largest absolute Gasteiger partial charge is 0.355 e. The third-order valence-corrected chi connectivity index (χ3v) is 3.32. The van der Waals surface area contributed by atoms with Gasteiger partial charge in [-0.1, -0.05) is 41.9 Å². The lowest BCUT2D eigenvalue weighted by Gasteiger charge is -2.08. The zero-order valence-electron chi connectivity index (χ0n) is 12.3. The maximum Gasteiger partial charge on any atom is 0.226 e. The van der Waals surface area contributed by atoms with Crippen LogP contribution < -0.4 is 10.6 Å². The van der Waals surface area contributed by atoms with Gasteiger partial charge in [-0.25, -0.2) is 4.39 Å². The molecule has 0 aliphatic rings. The molecule has 0 atom stereocenters. The highest BCUT2D eigenvalue weighted by molar-refractivity contribution is 6.30. The molecule has 23 heavy (non-hydrogen) atoms. The molecule has 0 aliphatic heterocycles. The Morgan fingerprint density at radius 2 is 1.78 bits per heavy atom. The fourth-order valence-corrected chi connectivity index (χ4v) is 2.14. The van der Waals surface area contributed by atoms with Crippen molar-refractivity contribution in [3.63, 3.8) is 0 Å². The molecule has 0 saturated heterocycles. The van der Waals surface area contributed by atoms with Gasteiger partial charge in [0.15, 0.2) is 0 Å². The van der Waals surface area contributed by atoms with Crippen LogP contribution in [0.1, 0.15) is 12.0 Å². The molecule has 0 fully saturated rings. The van der Waals surface area contributed by atoms with Gasteiger partial charge in [-0.3, -0.25) is 9.59 Å². The van der Waals surface area contributed by atoms with Crippen molar-refractivity contribution >= 4 is 29.1 Å². The summed E-state index contributed by atoms with van der Waals surface area (Å²) in [6.07, 6.45) is 0.303. The van der Waals surface area contributed by atoms with Crippen molar-refractivity contribution in [1.82, 2.24) is 5.32 Å². The highest BCUT2D eigenvalue weighted by Gasteiger charge is 2.09. The molecule has 2 aromatic rings. The van der Waals surface area contributed by atoms with E-state index in [0.717, 1.165) is 5.56 Å². The number of hydrogen-bond donors (Lipinski definition) is 2. The van der Waals surface area contributed by atoms with E-state index in [-0.39, 0.29) is 31.0 Å². The van der Waals surface area contributed by atoms with Gasteiger partial charge < -0.3 is 10.6 Å². The zero-order chi connectivity index (χ0) is 16.7. The first-order valence-electron chi connectivity index (χ1n) is 7.10. The maximum absolute atomic E-state index is 13.5. The molecule has 2 rings (SSSR count). The molecule has 2 amide bonds. The third kappa shape index (κ3) is 5.71. The number of carbonyl (C=O) groups is 2. The molecule has 0 unspecified atom stereocenters. The summed E-state index contributed by atoms with van der Waals surface area (Å²) in [5, 5.41) is 5.41. The SMILES string of the molecule is O=C(Cc1ccccc1)NCCC(=O)Nc1cc(Cl)ccc1F. The monoisotopic (exact) mass is 334 g/mol. The topological polar surface area (TPSA) is 58.2 Å². The number of hydrogen-bond acceptors (Lipinski definition) is 2. The van der Waals surface area contributed by atoms with Crippen molar-refractivity contribution in [2.75, 3.05) is 11.9 Å². The molecular formula is C17H16ClFN2O2. The molecule has 0 spiro atoms. The van der Waals surface area contributed by atoms with Crippen LogP contribution in [0, 0.1) is 5.82 Å². The second-order valence-electron chi connectivity index (χ2n) is 4.93. The van der Waals surface area contributed by atoms with Gasteiger partial charge in [-0.2, -0.15) is 0 Å². The van der Waals surface area contributed by atoms with E-state index in [9.17, 15) is 14.0 Å². The first-order chi connectivity index (χ1) is 11.0. The number of rotatable bonds is 6. The molecule has 0 aliphatic carbocycles. The molecule has 2 N–H and O–H groups in total. The predicted octanol–water partition coefficient (Wildman–Crippen LogP) is 3.17. The van der Waals surface area contributed by atoms with Crippen molar-refractivity contribution in [3.8, 4) is 0 Å². The van der Waals surface area contributed by atoms with E-state index in [1.165, 1.54) is 18.2 Å². The molecule has 0 aromatic heterocycles. The van der Waals surface area contributed by atoms with Gasteiger partial charge in [0.05, 0.1) is 12.1 Å². The second kappa shape index (κ2) is 8.29. The molecule has 0 heterocycles. The maximum atomic E-state index is 13.5. The molecule has 6 heteroatoms. The van der Waals surface area contributed by atoms with Crippen LogP contribution in [0.25, 0.3) is 0 Å². The average molecular weight is 335 g/mol. The van der Waals surface area contributed by atoms with Crippen molar-refractivity contribution in [2.45, 2.75) is 12.8 Å². The van der Waals surface area contributed by atoms with Crippen molar-refractivity contribution in [2.24, 2.45) is 0 Å². The summed E-state index contributed by atoms with van der Waals surface area (Å²) in [6.45, 7) is 0.180. The first-order valence-corrected chi connectivity index (χ1v) is 7.48. The molecular weight excluding hydrogens is 319 g/mol. The van der Waals surface area contributed by atoms with Crippen molar-refractivity contribution in [3.05, 3.63) is 64.9 Å². The number of carbonyl (C=O) groups excluding carboxylic acids is 2. The molecule has 120 valence electrons. The van der Waals surface area contributed by atoms with Crippen LogP contribution >= 0.6 is 11.6 Å². The number of nitrogens with one attached hydrogen (secondary N) is 2. The van der Waals surface area contributed by atoms with E-state index in [0.29, 0.717) is 5.02 Å². The van der Waals surface area contributed by atoms with Crippen LogP contribution in [0.5, 0.6) is 0 Å². The highest BCUT2D eigenvalue weighted by Crippen LogP contribution is 2.19. The minimum absolute atomic E-state index is 0.0260. The van der Waals surface area contributed by atoms with E-state index in [1.807, 2.05) is 30.3 Å². The van der Waals surface area contributed by atoms with Gasteiger partial charge >= 0.3 is 0 Å². The second-order valence-corrected chi connectivity index (χ2v) is 5.37. The summed E-state index contributed by atoms with van der Waals surface area (Å²) in [4.78, 5) is 23.5. The lowest BCUT2D eigenvalue weighted by atomic mass is 10.1. The Hall–Kier alpha value is -2.40. The molecule has 0 radical (unpaired) electrons. The average Bonchev–Trinajstić information content (AvgIpc) is 2.52. The summed E-state index contributed by atoms with van der Waals surface area (Å²) in [6, 6.07) is 13.2. The van der Waals surface area contributed by atoms with Gasteiger partial charge in [-0.15, -0.1) is 0 Å². The van der Waals surface area contributed by atoms with Gasteiger partial charge in [-0.05, 0) is 23.8 Å². The Morgan fingerprint density at radius 1 is 1.04 bits per heavy atom. The Balaban J connectivity index is 1.74. The summed E-state index contributed by atoms with van der Waals surface area (Å²) in [5.41, 5.74) is 0.925. The molecule has 4 nitrogen and oxygen atoms in total. The Bertz CT molecular complexity index is 692. The van der Waals surface area contributed by atoms with Gasteiger partial charge in [0.2, 0.25) is 11.8 Å². The zero-order valence-corrected chi connectivity index (χ0v) is 13.1. The minimum Gasteiger partial charge on any atom is -0.355 e. The van der Waals surface area contributed by atoms with Crippen molar-refractivity contribution < 1.29 is 14.0 Å². The van der Waals surface area contributed by atoms with Crippen LogP contribution in [0.3, 0.4) is 0 Å². The van der Waals surface area contributed by atoms with Crippen LogP contribution in [0.15, 0.2) is 48.5 Å². The Labute approximate surface area is 138 Å². The smallest absolute Gasteiger partial charge is 0.226 e. The number of benzene rings is 2. The van der Waals surface area contributed by atoms with Crippen LogP contribution in [0.4, 0.5) is 10.1 Å². The molecule has 0 bridgehead atoms. The summed E-state index contributed by atoms with van der Waals surface area (Å²) in [7, 11) is 0. The molecule has 0 saturated carbocycles. The normalized spacial score (nSPS) is 10.2. The minimum atomic E-state index is -0.559. The molecule has 2 aromatic carbocycles. The van der Waals surface area contributed by atoms with Crippen molar-refractivity contribution in [1.29, 1.82) is 0 Å². The van der Waals surface area contributed by atoms with E-state index in [1.54, 1.807) is 0 Å². The Morgan fingerprint density at radius 3 is 2.52 bits per heavy atom. The quantitative estimate of drug-likeness (QED) is 0.852. The number of anilines is 1. The summed E-state index contributed by atoms with van der Waals surface area (Å²) < 4.78 is 13.5. The van der Waals surface area contributed by atoms with Crippen LogP contribution in [-0.2, 0) is 16.0 Å². The van der Waals surface area contributed by atoms with Gasteiger partial charge in [0.1, 0.15) is 5.82 Å². The fraction of sp³-hybridized carbons (Fsp3) is 0.176. The number of amides is 2. The fourth-order valence-electron chi connectivity index (χ4n) is 1.97. The first kappa shape index (κ1) is 17.0. The Kier molecular flexibility index (Phi) is 6.11. The van der Waals surface area contributed by atoms with Crippen LogP contribution in [0.2, 0.25) is 5.02 Å². The summed E-state index contributed by atoms with van der Waals surface area (Å²) in [5.74, 6) is -1.13. The summed E-state index contributed by atoms with van der Waals surface area (Å²) >= 11 is 5.75. The third-order valence-electron chi connectivity index (χ3n) is 3.08. The highest BCUT2D eigenvalue weighted by atomic mass is 35.5.